The van der Waals surface area contributed by atoms with Crippen LogP contribution in [0.15, 0.2) is 40.1 Å². The Morgan fingerprint density at radius 1 is 1.40 bits per heavy atom. The zero-order valence-corrected chi connectivity index (χ0v) is 10.6. The highest BCUT2D eigenvalue weighted by atomic mass is 127. The van der Waals surface area contributed by atoms with Gasteiger partial charge in [0.2, 0.25) is 0 Å². The number of rotatable bonds is 3. The van der Waals surface area contributed by atoms with Crippen molar-refractivity contribution in [1.82, 2.24) is 0 Å². The van der Waals surface area contributed by atoms with Gasteiger partial charge in [-0.2, -0.15) is 0 Å². The molecule has 0 atom stereocenters. The largest absolute Gasteiger partial charge is 0.451 e. The molecule has 2 heterocycles. The highest BCUT2D eigenvalue weighted by Gasteiger charge is 2.02. The van der Waals surface area contributed by atoms with Gasteiger partial charge in [-0.3, -0.25) is 4.79 Å². The van der Waals surface area contributed by atoms with Gasteiger partial charge in [0.15, 0.2) is 9.55 Å². The molecule has 0 bridgehead atoms. The van der Waals surface area contributed by atoms with Gasteiger partial charge in [0.05, 0.1) is 4.88 Å². The Morgan fingerprint density at radius 3 is 2.87 bits per heavy atom. The van der Waals surface area contributed by atoms with E-state index < -0.39 is 0 Å². The second kappa shape index (κ2) is 4.76. The van der Waals surface area contributed by atoms with Crippen molar-refractivity contribution in [1.29, 1.82) is 0 Å². The average molecular weight is 330 g/mol. The van der Waals surface area contributed by atoms with E-state index >= 15 is 0 Å². The Bertz CT molecular complexity index is 482. The molecule has 2 rings (SSSR count). The van der Waals surface area contributed by atoms with Gasteiger partial charge in [0.25, 0.3) is 0 Å². The Morgan fingerprint density at radius 2 is 2.27 bits per heavy atom. The van der Waals surface area contributed by atoms with Crippen LogP contribution in [-0.2, 0) is 0 Å². The third-order valence-corrected chi connectivity index (χ3v) is 3.22. The lowest BCUT2D eigenvalue weighted by Crippen LogP contribution is -1.87. The van der Waals surface area contributed by atoms with Crippen LogP contribution in [0.1, 0.15) is 15.4 Å². The highest BCUT2D eigenvalue weighted by Crippen LogP contribution is 2.14. The number of furan rings is 1. The first kappa shape index (κ1) is 10.6. The second-order valence-electron chi connectivity index (χ2n) is 2.82. The van der Waals surface area contributed by atoms with Crippen molar-refractivity contribution in [2.24, 2.45) is 0 Å². The smallest absolute Gasteiger partial charge is 0.195 e. The van der Waals surface area contributed by atoms with Crippen molar-refractivity contribution < 1.29 is 9.21 Å². The first-order valence-corrected chi connectivity index (χ1v) is 6.23. The molecule has 2 nitrogen and oxygen atoms in total. The lowest BCUT2D eigenvalue weighted by Gasteiger charge is -1.87. The number of carbonyl (C=O) groups excluding carboxylic acids is 1. The van der Waals surface area contributed by atoms with Crippen molar-refractivity contribution in [3.05, 3.63) is 50.1 Å². The summed E-state index contributed by atoms with van der Waals surface area (Å²) >= 11 is 3.52. The van der Waals surface area contributed by atoms with Gasteiger partial charge < -0.3 is 4.42 Å². The highest BCUT2D eigenvalue weighted by molar-refractivity contribution is 14.1. The van der Waals surface area contributed by atoms with Crippen LogP contribution in [0.3, 0.4) is 0 Å². The Balaban J connectivity index is 2.09. The quantitative estimate of drug-likeness (QED) is 0.486. The van der Waals surface area contributed by atoms with E-state index in [1.165, 1.54) is 17.4 Å². The molecule has 0 aliphatic carbocycles. The minimum atomic E-state index is 0.0106. The van der Waals surface area contributed by atoms with Crippen LogP contribution in [0.4, 0.5) is 0 Å². The standard InChI is InChI=1S/C11H7IO2S/c12-11-6-4-8(14-11)3-5-9(13)10-2-1-7-15-10/h1-7H/b5-3+. The molecule has 0 spiro atoms. The maximum Gasteiger partial charge on any atom is 0.195 e. The summed E-state index contributed by atoms with van der Waals surface area (Å²) in [5.41, 5.74) is 0. The maximum atomic E-state index is 11.6. The number of thiophene rings is 1. The number of carbonyl (C=O) groups is 1. The predicted molar refractivity (Wildman–Crippen MR) is 69.1 cm³/mol. The Kier molecular flexibility index (Phi) is 3.37. The molecule has 15 heavy (non-hydrogen) atoms. The number of hydrogen-bond donors (Lipinski definition) is 0. The fraction of sp³-hybridized carbons (Fsp3) is 0. The summed E-state index contributed by atoms with van der Waals surface area (Å²) in [6, 6.07) is 7.36. The molecule has 0 amide bonds. The number of hydrogen-bond acceptors (Lipinski definition) is 3. The van der Waals surface area contributed by atoms with Crippen molar-refractivity contribution in [2.45, 2.75) is 0 Å². The minimum Gasteiger partial charge on any atom is -0.451 e. The first-order chi connectivity index (χ1) is 7.25. The van der Waals surface area contributed by atoms with Crippen molar-refractivity contribution in [3.8, 4) is 0 Å². The SMILES string of the molecule is O=C(/C=C/c1ccc(I)o1)c1cccs1. The molecule has 0 fully saturated rings. The van der Waals surface area contributed by atoms with Gasteiger partial charge in [0.1, 0.15) is 5.76 Å². The van der Waals surface area contributed by atoms with Gasteiger partial charge in [-0.05, 0) is 58.3 Å². The van der Waals surface area contributed by atoms with Gasteiger partial charge in [-0.15, -0.1) is 11.3 Å². The van der Waals surface area contributed by atoms with Crippen LogP contribution in [0.2, 0.25) is 0 Å². The van der Waals surface area contributed by atoms with E-state index in [-0.39, 0.29) is 5.78 Å². The zero-order chi connectivity index (χ0) is 10.7. The van der Waals surface area contributed by atoms with E-state index in [0.717, 1.165) is 8.64 Å². The lowest BCUT2D eigenvalue weighted by atomic mass is 10.3. The molecule has 0 saturated carbocycles. The summed E-state index contributed by atoms with van der Waals surface area (Å²) in [6.07, 6.45) is 3.21. The zero-order valence-electron chi connectivity index (χ0n) is 7.64. The fourth-order valence-electron chi connectivity index (χ4n) is 1.08. The topological polar surface area (TPSA) is 30.2 Å². The van der Waals surface area contributed by atoms with Gasteiger partial charge >= 0.3 is 0 Å². The molecule has 0 aliphatic heterocycles. The molecule has 2 aromatic rings. The van der Waals surface area contributed by atoms with Crippen molar-refractivity contribution >= 4 is 45.8 Å². The lowest BCUT2D eigenvalue weighted by molar-refractivity contribution is 0.105. The average Bonchev–Trinajstić information content (AvgIpc) is 2.84. The molecule has 0 radical (unpaired) electrons. The van der Waals surface area contributed by atoms with Crippen LogP contribution in [0, 0.1) is 3.77 Å². The molecular formula is C11H7IO2S. The van der Waals surface area contributed by atoms with Crippen LogP contribution < -0.4 is 0 Å². The minimum absolute atomic E-state index is 0.0106. The third kappa shape index (κ3) is 2.79. The second-order valence-corrected chi connectivity index (χ2v) is 4.83. The molecule has 0 saturated heterocycles. The van der Waals surface area contributed by atoms with E-state index in [9.17, 15) is 4.79 Å². The maximum absolute atomic E-state index is 11.6. The summed E-state index contributed by atoms with van der Waals surface area (Å²) in [7, 11) is 0. The monoisotopic (exact) mass is 330 g/mol. The molecule has 0 aliphatic rings. The number of ketones is 1. The third-order valence-electron chi connectivity index (χ3n) is 1.76. The van der Waals surface area contributed by atoms with E-state index in [1.807, 2.05) is 29.6 Å². The molecule has 0 aromatic carbocycles. The normalized spacial score (nSPS) is 11.0. The van der Waals surface area contributed by atoms with E-state index in [1.54, 1.807) is 6.08 Å². The summed E-state index contributed by atoms with van der Waals surface area (Å²) in [5, 5.41) is 1.89. The first-order valence-electron chi connectivity index (χ1n) is 4.27. The fourth-order valence-corrected chi connectivity index (χ4v) is 2.16. The van der Waals surface area contributed by atoms with Crippen molar-refractivity contribution in [3.63, 3.8) is 0 Å². The summed E-state index contributed by atoms with van der Waals surface area (Å²) in [5.74, 6) is 0.709. The van der Waals surface area contributed by atoms with Crippen LogP contribution in [0.5, 0.6) is 0 Å². The van der Waals surface area contributed by atoms with Gasteiger partial charge in [-0.25, -0.2) is 0 Å². The predicted octanol–water partition coefficient (Wildman–Crippen LogP) is 3.84. The number of allylic oxidation sites excluding steroid dienone is 1. The molecule has 0 unspecified atom stereocenters. The Hall–Kier alpha value is -0.880. The summed E-state index contributed by atoms with van der Waals surface area (Å²) in [6.45, 7) is 0. The molecule has 2 aromatic heterocycles. The molecular weight excluding hydrogens is 323 g/mol. The van der Waals surface area contributed by atoms with E-state index in [2.05, 4.69) is 22.6 Å². The van der Waals surface area contributed by atoms with E-state index in [0.29, 0.717) is 5.76 Å². The summed E-state index contributed by atoms with van der Waals surface area (Å²) in [4.78, 5) is 12.3. The van der Waals surface area contributed by atoms with Gasteiger partial charge in [-0.1, -0.05) is 6.07 Å². The number of halogens is 1. The van der Waals surface area contributed by atoms with Crippen LogP contribution in [0.25, 0.3) is 6.08 Å². The molecule has 76 valence electrons. The van der Waals surface area contributed by atoms with Crippen molar-refractivity contribution in [2.75, 3.05) is 0 Å². The van der Waals surface area contributed by atoms with Gasteiger partial charge in [0, 0.05) is 0 Å². The Labute approximate surface area is 105 Å². The molecule has 0 N–H and O–H groups in total. The van der Waals surface area contributed by atoms with Crippen LogP contribution >= 0.6 is 33.9 Å². The van der Waals surface area contributed by atoms with Crippen LogP contribution in [-0.4, -0.2) is 5.78 Å². The van der Waals surface area contributed by atoms with E-state index in [4.69, 9.17) is 4.42 Å². The summed E-state index contributed by atoms with van der Waals surface area (Å²) < 4.78 is 6.12. The molecule has 4 heteroatoms.